The maximum Gasteiger partial charge on any atom is 0.356 e. The molecule has 2 N–H and O–H groups in total. The van der Waals surface area contributed by atoms with Crippen molar-refractivity contribution in [2.24, 2.45) is 0 Å². The average Bonchev–Trinajstić information content (AvgIpc) is 3.15. The highest BCUT2D eigenvalue weighted by Gasteiger charge is 2.18. The third-order valence-electron chi connectivity index (χ3n) is 3.94. The highest BCUT2D eigenvalue weighted by atomic mass is 16.5. The minimum atomic E-state index is -1.20. The SMILES string of the molecule is Cc1ccc(NC(=O)c2cnc(C(=O)O)cn2)c(OCC2CCCO2)c1. The van der Waals surface area contributed by atoms with Gasteiger partial charge in [0.25, 0.3) is 5.91 Å². The summed E-state index contributed by atoms with van der Waals surface area (Å²) in [4.78, 5) is 30.7. The largest absolute Gasteiger partial charge is 0.489 e. The van der Waals surface area contributed by atoms with Crippen LogP contribution in [-0.4, -0.2) is 46.3 Å². The first-order valence-corrected chi connectivity index (χ1v) is 8.24. The van der Waals surface area contributed by atoms with Gasteiger partial charge in [-0.15, -0.1) is 0 Å². The van der Waals surface area contributed by atoms with E-state index in [1.165, 1.54) is 0 Å². The summed E-state index contributed by atoms with van der Waals surface area (Å²) in [5.74, 6) is -1.16. The lowest BCUT2D eigenvalue weighted by atomic mass is 10.2. The fourth-order valence-electron chi connectivity index (χ4n) is 2.55. The van der Waals surface area contributed by atoms with Crippen molar-refractivity contribution in [2.45, 2.75) is 25.9 Å². The molecule has 2 heterocycles. The molecule has 2 aromatic rings. The molecule has 1 unspecified atom stereocenters. The number of carbonyl (C=O) groups is 2. The van der Waals surface area contributed by atoms with E-state index >= 15 is 0 Å². The molecule has 3 rings (SSSR count). The first-order chi connectivity index (χ1) is 12.5. The van der Waals surface area contributed by atoms with Crippen molar-refractivity contribution >= 4 is 17.6 Å². The zero-order valence-electron chi connectivity index (χ0n) is 14.3. The smallest absolute Gasteiger partial charge is 0.356 e. The second-order valence-corrected chi connectivity index (χ2v) is 5.99. The fraction of sp³-hybridized carbons (Fsp3) is 0.333. The maximum atomic E-state index is 12.4. The van der Waals surface area contributed by atoms with Gasteiger partial charge in [-0.3, -0.25) is 4.79 Å². The van der Waals surface area contributed by atoms with Gasteiger partial charge in [0.1, 0.15) is 18.1 Å². The van der Waals surface area contributed by atoms with Crippen LogP contribution in [0.15, 0.2) is 30.6 Å². The number of carboxylic acids is 1. The average molecular weight is 357 g/mol. The van der Waals surface area contributed by atoms with Crippen molar-refractivity contribution in [1.82, 2.24) is 9.97 Å². The molecule has 1 aliphatic rings. The lowest BCUT2D eigenvalue weighted by Gasteiger charge is -2.15. The van der Waals surface area contributed by atoms with Gasteiger partial charge in [-0.2, -0.15) is 0 Å². The number of aromatic carboxylic acids is 1. The zero-order chi connectivity index (χ0) is 18.5. The molecule has 0 spiro atoms. The molecule has 1 aliphatic heterocycles. The number of carbonyl (C=O) groups excluding carboxylic acids is 1. The molecule has 1 saturated heterocycles. The van der Waals surface area contributed by atoms with Crippen LogP contribution in [0.5, 0.6) is 5.75 Å². The predicted octanol–water partition coefficient (Wildman–Crippen LogP) is 2.29. The quantitative estimate of drug-likeness (QED) is 0.816. The van der Waals surface area contributed by atoms with Crippen LogP contribution >= 0.6 is 0 Å². The number of aromatic nitrogens is 2. The van der Waals surface area contributed by atoms with E-state index < -0.39 is 11.9 Å². The predicted molar refractivity (Wildman–Crippen MR) is 92.6 cm³/mol. The third-order valence-corrected chi connectivity index (χ3v) is 3.94. The first kappa shape index (κ1) is 17.8. The highest BCUT2D eigenvalue weighted by Crippen LogP contribution is 2.27. The zero-order valence-corrected chi connectivity index (χ0v) is 14.3. The van der Waals surface area contributed by atoms with Gasteiger partial charge in [0.05, 0.1) is 24.2 Å². The van der Waals surface area contributed by atoms with Gasteiger partial charge in [-0.25, -0.2) is 14.8 Å². The van der Waals surface area contributed by atoms with E-state index in [-0.39, 0.29) is 17.5 Å². The summed E-state index contributed by atoms with van der Waals surface area (Å²) < 4.78 is 11.4. The molecule has 1 aromatic carbocycles. The van der Waals surface area contributed by atoms with Gasteiger partial charge < -0.3 is 19.9 Å². The van der Waals surface area contributed by atoms with E-state index in [1.807, 2.05) is 19.1 Å². The number of nitrogens with one attached hydrogen (secondary N) is 1. The molecular weight excluding hydrogens is 338 g/mol. The van der Waals surface area contributed by atoms with Gasteiger partial charge in [0.2, 0.25) is 0 Å². The topological polar surface area (TPSA) is 111 Å². The summed E-state index contributed by atoms with van der Waals surface area (Å²) in [6, 6.07) is 5.44. The van der Waals surface area contributed by atoms with E-state index in [4.69, 9.17) is 14.6 Å². The van der Waals surface area contributed by atoms with E-state index in [0.717, 1.165) is 37.4 Å². The number of anilines is 1. The van der Waals surface area contributed by atoms with Crippen LogP contribution in [0.4, 0.5) is 5.69 Å². The standard InChI is InChI=1S/C18H19N3O5/c1-11-4-5-13(16(7-11)26-10-12-3-2-6-25-12)21-17(22)14-8-20-15(9-19-14)18(23)24/h4-5,7-9,12H,2-3,6,10H2,1H3,(H,21,22)(H,23,24). The number of ether oxygens (including phenoxy) is 2. The van der Waals surface area contributed by atoms with Gasteiger partial charge >= 0.3 is 5.97 Å². The van der Waals surface area contributed by atoms with Crippen molar-refractivity contribution < 1.29 is 24.2 Å². The van der Waals surface area contributed by atoms with Crippen LogP contribution in [-0.2, 0) is 4.74 Å². The Morgan fingerprint density at radius 2 is 2.08 bits per heavy atom. The Labute approximate surface area is 150 Å². The summed E-state index contributed by atoms with van der Waals surface area (Å²) in [7, 11) is 0. The van der Waals surface area contributed by atoms with Crippen LogP contribution in [0, 0.1) is 6.92 Å². The molecule has 8 nitrogen and oxygen atoms in total. The number of rotatable bonds is 6. The Bertz CT molecular complexity index is 801. The van der Waals surface area contributed by atoms with Gasteiger partial charge in [-0.05, 0) is 37.5 Å². The lowest BCUT2D eigenvalue weighted by molar-refractivity contribution is 0.0680. The van der Waals surface area contributed by atoms with Crippen LogP contribution < -0.4 is 10.1 Å². The second-order valence-electron chi connectivity index (χ2n) is 5.99. The van der Waals surface area contributed by atoms with Gasteiger partial charge in [0.15, 0.2) is 5.69 Å². The van der Waals surface area contributed by atoms with E-state index in [0.29, 0.717) is 18.0 Å². The number of hydrogen-bond donors (Lipinski definition) is 2. The number of nitrogens with zero attached hydrogens (tertiary/aromatic N) is 2. The summed E-state index contributed by atoms with van der Waals surface area (Å²) in [5, 5.41) is 11.6. The highest BCUT2D eigenvalue weighted by molar-refractivity contribution is 6.03. The maximum absolute atomic E-state index is 12.4. The van der Waals surface area contributed by atoms with Crippen molar-refractivity contribution in [2.75, 3.05) is 18.5 Å². The van der Waals surface area contributed by atoms with E-state index in [9.17, 15) is 9.59 Å². The monoisotopic (exact) mass is 357 g/mol. The molecule has 1 fully saturated rings. The number of hydrogen-bond acceptors (Lipinski definition) is 6. The van der Waals surface area contributed by atoms with Crippen molar-refractivity contribution in [1.29, 1.82) is 0 Å². The Morgan fingerprint density at radius 3 is 2.73 bits per heavy atom. The Kier molecular flexibility index (Phi) is 5.43. The van der Waals surface area contributed by atoms with Crippen LogP contribution in [0.1, 0.15) is 39.4 Å². The molecule has 1 aromatic heterocycles. The molecule has 1 atom stereocenters. The molecule has 26 heavy (non-hydrogen) atoms. The number of benzene rings is 1. The molecule has 0 radical (unpaired) electrons. The van der Waals surface area contributed by atoms with Gasteiger partial charge in [0, 0.05) is 6.61 Å². The lowest BCUT2D eigenvalue weighted by Crippen LogP contribution is -2.19. The molecule has 8 heteroatoms. The molecule has 1 amide bonds. The minimum Gasteiger partial charge on any atom is -0.489 e. The Balaban J connectivity index is 1.71. The number of carboxylic acid groups (broad SMARTS) is 1. The molecule has 136 valence electrons. The summed E-state index contributed by atoms with van der Waals surface area (Å²) >= 11 is 0. The Hall–Kier alpha value is -3.00. The summed E-state index contributed by atoms with van der Waals surface area (Å²) in [6.07, 6.45) is 4.21. The molecular formula is C18H19N3O5. The number of amides is 1. The molecule has 0 saturated carbocycles. The van der Waals surface area contributed by atoms with Crippen molar-refractivity contribution in [3.05, 3.63) is 47.5 Å². The minimum absolute atomic E-state index is 0.0145. The van der Waals surface area contributed by atoms with Crippen LogP contribution in [0.25, 0.3) is 0 Å². The summed E-state index contributed by atoms with van der Waals surface area (Å²) in [5.41, 5.74) is 1.29. The van der Waals surface area contributed by atoms with Crippen molar-refractivity contribution in [3.8, 4) is 5.75 Å². The van der Waals surface area contributed by atoms with Crippen molar-refractivity contribution in [3.63, 3.8) is 0 Å². The first-order valence-electron chi connectivity index (χ1n) is 8.24. The number of aryl methyl sites for hydroxylation is 1. The fourth-order valence-corrected chi connectivity index (χ4v) is 2.55. The van der Waals surface area contributed by atoms with Gasteiger partial charge in [-0.1, -0.05) is 6.07 Å². The van der Waals surface area contributed by atoms with E-state index in [2.05, 4.69) is 15.3 Å². The van der Waals surface area contributed by atoms with E-state index in [1.54, 1.807) is 6.07 Å². The van der Waals surface area contributed by atoms with Crippen LogP contribution in [0.3, 0.4) is 0 Å². The normalized spacial score (nSPS) is 16.3. The second kappa shape index (κ2) is 7.92. The Morgan fingerprint density at radius 1 is 1.31 bits per heavy atom. The summed E-state index contributed by atoms with van der Waals surface area (Å²) in [6.45, 7) is 3.09. The molecule has 0 aliphatic carbocycles. The van der Waals surface area contributed by atoms with Crippen LogP contribution in [0.2, 0.25) is 0 Å². The molecule has 0 bridgehead atoms. The third kappa shape index (κ3) is 4.34.